The maximum atomic E-state index is 13.4. The van der Waals surface area contributed by atoms with Gasteiger partial charge in [0.1, 0.15) is 6.33 Å². The summed E-state index contributed by atoms with van der Waals surface area (Å²) in [7, 11) is 0. The lowest BCUT2D eigenvalue weighted by molar-refractivity contribution is -0.141. The van der Waals surface area contributed by atoms with Gasteiger partial charge in [0.05, 0.1) is 5.69 Å². The van der Waals surface area contributed by atoms with Gasteiger partial charge in [-0.15, -0.1) is 0 Å². The number of alkyl halides is 5. The van der Waals surface area contributed by atoms with E-state index in [0.29, 0.717) is 6.92 Å². The molecule has 0 radical (unpaired) electrons. The third-order valence-corrected chi connectivity index (χ3v) is 3.17. The van der Waals surface area contributed by atoms with Crippen LogP contribution in [-0.2, 0) is 12.1 Å². The Morgan fingerprint density at radius 2 is 1.68 bits per heavy atom. The number of hydrogen-bond donors (Lipinski definition) is 1. The number of rotatable bonds is 2. The van der Waals surface area contributed by atoms with Crippen molar-refractivity contribution in [2.24, 2.45) is 0 Å². The van der Waals surface area contributed by atoms with Crippen LogP contribution in [0, 0.1) is 6.92 Å². The van der Waals surface area contributed by atoms with Crippen molar-refractivity contribution in [2.45, 2.75) is 25.9 Å². The molecule has 22 heavy (non-hydrogen) atoms. The van der Waals surface area contributed by atoms with Crippen LogP contribution in [-0.4, -0.2) is 9.97 Å². The Morgan fingerprint density at radius 1 is 1.05 bits per heavy atom. The first-order chi connectivity index (χ1) is 10.0. The lowest BCUT2D eigenvalue weighted by Gasteiger charge is -2.16. The van der Waals surface area contributed by atoms with Crippen molar-refractivity contribution in [2.75, 3.05) is 5.73 Å². The Kier molecular flexibility index (Phi) is 3.80. The molecule has 0 fully saturated rings. The zero-order valence-electron chi connectivity index (χ0n) is 11.7. The largest absolute Gasteiger partial charge is 0.433 e. The van der Waals surface area contributed by atoms with E-state index >= 15 is 0 Å². The molecule has 8 heteroatoms. The lowest BCUT2D eigenvalue weighted by Crippen LogP contribution is -2.13. The van der Waals surface area contributed by atoms with Gasteiger partial charge in [-0.3, -0.25) is 0 Å². The van der Waals surface area contributed by atoms with Crippen molar-refractivity contribution < 1.29 is 22.0 Å². The van der Waals surface area contributed by atoms with Crippen LogP contribution in [0.25, 0.3) is 11.3 Å². The van der Waals surface area contributed by atoms with Gasteiger partial charge in [-0.2, -0.15) is 13.2 Å². The van der Waals surface area contributed by atoms with Crippen LogP contribution in [0.3, 0.4) is 0 Å². The van der Waals surface area contributed by atoms with Crippen LogP contribution >= 0.6 is 0 Å². The second-order valence-electron chi connectivity index (χ2n) is 4.88. The molecule has 0 saturated heterocycles. The molecule has 0 bridgehead atoms. The highest BCUT2D eigenvalue weighted by atomic mass is 19.4. The molecule has 0 saturated carbocycles. The van der Waals surface area contributed by atoms with Crippen molar-refractivity contribution >= 4 is 5.69 Å². The Balaban J connectivity index is 2.67. The normalized spacial score (nSPS) is 12.5. The maximum absolute atomic E-state index is 13.4. The first kappa shape index (κ1) is 16.1. The molecule has 1 aromatic carbocycles. The fourth-order valence-electron chi connectivity index (χ4n) is 2.04. The molecule has 0 aliphatic carbocycles. The Labute approximate surface area is 123 Å². The van der Waals surface area contributed by atoms with Crippen LogP contribution < -0.4 is 5.73 Å². The van der Waals surface area contributed by atoms with E-state index in [-0.39, 0.29) is 28.1 Å². The Bertz CT molecular complexity index is 705. The molecule has 2 aromatic rings. The smallest absolute Gasteiger partial charge is 0.398 e. The fraction of sp³-hybridized carbons (Fsp3) is 0.286. The molecular formula is C14H12F5N3. The molecule has 118 valence electrons. The number of benzene rings is 1. The summed E-state index contributed by atoms with van der Waals surface area (Å²) in [6, 6.07) is 3.39. The van der Waals surface area contributed by atoms with Crippen LogP contribution in [0.4, 0.5) is 27.6 Å². The predicted octanol–water partition coefficient (Wildman–Crippen LogP) is 4.16. The number of anilines is 1. The van der Waals surface area contributed by atoms with Crippen molar-refractivity contribution in [1.82, 2.24) is 9.97 Å². The van der Waals surface area contributed by atoms with Crippen LogP contribution in [0.5, 0.6) is 0 Å². The molecule has 3 nitrogen and oxygen atoms in total. The second-order valence-corrected chi connectivity index (χ2v) is 4.88. The van der Waals surface area contributed by atoms with Crippen molar-refractivity contribution in [1.29, 1.82) is 0 Å². The van der Waals surface area contributed by atoms with Crippen LogP contribution in [0.1, 0.15) is 23.7 Å². The minimum atomic E-state index is -4.66. The minimum absolute atomic E-state index is 0.0180. The van der Waals surface area contributed by atoms with Gasteiger partial charge in [-0.25, -0.2) is 18.7 Å². The summed E-state index contributed by atoms with van der Waals surface area (Å²) in [5.74, 6) is -3.14. The number of aromatic nitrogens is 2. The molecule has 0 aliphatic heterocycles. The zero-order chi connectivity index (χ0) is 16.7. The summed E-state index contributed by atoms with van der Waals surface area (Å²) in [6.07, 6.45) is -3.93. The lowest BCUT2D eigenvalue weighted by atomic mass is 9.99. The van der Waals surface area contributed by atoms with E-state index in [1.807, 2.05) is 0 Å². The number of nitrogen functional groups attached to an aromatic ring is 1. The summed E-state index contributed by atoms with van der Waals surface area (Å²) in [5, 5.41) is 0. The molecule has 0 amide bonds. The third-order valence-electron chi connectivity index (χ3n) is 3.17. The number of hydrogen-bond acceptors (Lipinski definition) is 3. The molecule has 0 aliphatic rings. The first-order valence-electron chi connectivity index (χ1n) is 6.19. The molecule has 2 N–H and O–H groups in total. The van der Waals surface area contributed by atoms with Gasteiger partial charge in [0, 0.05) is 29.3 Å². The number of nitrogens with zero attached hydrogens (tertiary/aromatic N) is 2. The van der Waals surface area contributed by atoms with E-state index in [4.69, 9.17) is 5.73 Å². The second kappa shape index (κ2) is 5.19. The van der Waals surface area contributed by atoms with Crippen molar-refractivity contribution in [3.8, 4) is 11.3 Å². The quantitative estimate of drug-likeness (QED) is 0.668. The minimum Gasteiger partial charge on any atom is -0.398 e. The van der Waals surface area contributed by atoms with Gasteiger partial charge in [-0.05, 0) is 19.1 Å². The zero-order valence-corrected chi connectivity index (χ0v) is 11.7. The average Bonchev–Trinajstić information content (AvgIpc) is 2.37. The Morgan fingerprint density at radius 3 is 2.23 bits per heavy atom. The highest BCUT2D eigenvalue weighted by Crippen LogP contribution is 2.37. The molecule has 2 rings (SSSR count). The standard InChI is InChI=1S/C14H12F5N3/c1-7-11(21-6-22-12(7)14(17,18)19)9-5-8(13(2,15)16)3-4-10(9)20/h3-6H,20H2,1-2H3. The van der Waals surface area contributed by atoms with E-state index < -0.39 is 17.8 Å². The average molecular weight is 317 g/mol. The Hall–Kier alpha value is -2.25. The van der Waals surface area contributed by atoms with Crippen molar-refractivity contribution in [3.05, 3.63) is 41.3 Å². The summed E-state index contributed by atoms with van der Waals surface area (Å²) in [6.45, 7) is 1.87. The van der Waals surface area contributed by atoms with Gasteiger partial charge >= 0.3 is 6.18 Å². The van der Waals surface area contributed by atoms with Gasteiger partial charge in [0.2, 0.25) is 0 Å². The fourth-order valence-corrected chi connectivity index (χ4v) is 2.04. The monoisotopic (exact) mass is 317 g/mol. The third kappa shape index (κ3) is 3.00. The van der Waals surface area contributed by atoms with Gasteiger partial charge < -0.3 is 5.73 Å². The summed E-state index contributed by atoms with van der Waals surface area (Å²) in [5.41, 5.74) is 3.92. The predicted molar refractivity (Wildman–Crippen MR) is 71.2 cm³/mol. The van der Waals surface area contributed by atoms with E-state index in [9.17, 15) is 22.0 Å². The van der Waals surface area contributed by atoms with Crippen molar-refractivity contribution in [3.63, 3.8) is 0 Å². The first-order valence-corrected chi connectivity index (χ1v) is 6.19. The molecule has 0 unspecified atom stereocenters. The van der Waals surface area contributed by atoms with Gasteiger partial charge in [0.25, 0.3) is 5.92 Å². The topological polar surface area (TPSA) is 51.8 Å². The van der Waals surface area contributed by atoms with Crippen LogP contribution in [0.15, 0.2) is 24.5 Å². The number of nitrogens with two attached hydrogens (primary N) is 1. The maximum Gasteiger partial charge on any atom is 0.433 e. The van der Waals surface area contributed by atoms with Gasteiger partial charge in [0.15, 0.2) is 5.69 Å². The highest BCUT2D eigenvalue weighted by molar-refractivity contribution is 5.76. The van der Waals surface area contributed by atoms with E-state index in [1.165, 1.54) is 13.0 Å². The van der Waals surface area contributed by atoms with E-state index in [0.717, 1.165) is 18.5 Å². The highest BCUT2D eigenvalue weighted by Gasteiger charge is 2.36. The summed E-state index contributed by atoms with van der Waals surface area (Å²) >= 11 is 0. The molecular weight excluding hydrogens is 305 g/mol. The number of halogens is 5. The molecule has 0 atom stereocenters. The van der Waals surface area contributed by atoms with E-state index in [2.05, 4.69) is 9.97 Å². The molecule has 1 aromatic heterocycles. The summed E-state index contributed by atoms with van der Waals surface area (Å²) in [4.78, 5) is 6.98. The molecule has 1 heterocycles. The van der Waals surface area contributed by atoms with Crippen LogP contribution in [0.2, 0.25) is 0 Å². The summed E-state index contributed by atoms with van der Waals surface area (Å²) < 4.78 is 65.4. The SMILES string of the molecule is Cc1c(-c2cc(C(C)(F)F)ccc2N)ncnc1C(F)(F)F. The van der Waals surface area contributed by atoms with Gasteiger partial charge in [-0.1, -0.05) is 6.07 Å². The van der Waals surface area contributed by atoms with E-state index in [1.54, 1.807) is 0 Å². The molecule has 0 spiro atoms.